The van der Waals surface area contributed by atoms with Crippen LogP contribution >= 0.6 is 0 Å². The number of hydrogen-bond acceptors (Lipinski definition) is 4. The maximum Gasteiger partial charge on any atom is 0.250 e. The third-order valence-electron chi connectivity index (χ3n) is 4.74. The molecule has 0 amide bonds. The molecule has 0 radical (unpaired) electrons. The molecule has 1 aromatic heterocycles. The molecule has 4 nitrogen and oxygen atoms in total. The average Bonchev–Trinajstić information content (AvgIpc) is 3.19. The summed E-state index contributed by atoms with van der Waals surface area (Å²) in [5.41, 5.74) is 4.63. The standard InChI is InChI=1S/C23H20FN3O/c1-15-12-13-18(14-16(15)2)25-21(17-8-4-3-5-9-17)23-27-26-22(28-23)19-10-6-7-11-20(19)24/h3-14,21,25H,1-2H3/t21-/m1/s1. The van der Waals surface area contributed by atoms with Gasteiger partial charge in [0.2, 0.25) is 5.89 Å². The van der Waals surface area contributed by atoms with Gasteiger partial charge >= 0.3 is 0 Å². The predicted octanol–water partition coefficient (Wildman–Crippen LogP) is 5.69. The van der Waals surface area contributed by atoms with E-state index in [0.717, 1.165) is 11.3 Å². The third-order valence-corrected chi connectivity index (χ3v) is 4.74. The van der Waals surface area contributed by atoms with Gasteiger partial charge in [-0.25, -0.2) is 4.39 Å². The summed E-state index contributed by atoms with van der Waals surface area (Å²) in [7, 11) is 0. The Kier molecular flexibility index (Phi) is 4.89. The minimum absolute atomic E-state index is 0.163. The van der Waals surface area contributed by atoms with Crippen LogP contribution in [0.25, 0.3) is 11.5 Å². The fourth-order valence-electron chi connectivity index (χ4n) is 3.03. The van der Waals surface area contributed by atoms with Gasteiger partial charge in [0.15, 0.2) is 0 Å². The van der Waals surface area contributed by atoms with Crippen molar-refractivity contribution in [3.05, 3.63) is 101 Å². The molecule has 0 fully saturated rings. The normalized spacial score (nSPS) is 12.0. The van der Waals surface area contributed by atoms with Crippen LogP contribution in [0.3, 0.4) is 0 Å². The first kappa shape index (κ1) is 17.9. The number of rotatable bonds is 5. The SMILES string of the molecule is Cc1ccc(N[C@H](c2ccccc2)c2nnc(-c3ccccc3F)o2)cc1C. The summed E-state index contributed by atoms with van der Waals surface area (Å²) in [5, 5.41) is 11.7. The molecule has 28 heavy (non-hydrogen) atoms. The second-order valence-electron chi connectivity index (χ2n) is 6.71. The minimum Gasteiger partial charge on any atom is -0.418 e. The van der Waals surface area contributed by atoms with E-state index in [0.29, 0.717) is 11.5 Å². The highest BCUT2D eigenvalue weighted by atomic mass is 19.1. The van der Waals surface area contributed by atoms with Crippen molar-refractivity contribution in [2.75, 3.05) is 5.32 Å². The van der Waals surface area contributed by atoms with E-state index >= 15 is 0 Å². The molecule has 4 aromatic rings. The van der Waals surface area contributed by atoms with E-state index in [4.69, 9.17) is 4.42 Å². The zero-order valence-corrected chi connectivity index (χ0v) is 15.7. The molecule has 0 aliphatic carbocycles. The zero-order chi connectivity index (χ0) is 19.5. The van der Waals surface area contributed by atoms with Crippen LogP contribution in [0, 0.1) is 19.7 Å². The first-order valence-electron chi connectivity index (χ1n) is 9.09. The van der Waals surface area contributed by atoms with Gasteiger partial charge in [0.05, 0.1) is 5.56 Å². The molecule has 3 aromatic carbocycles. The van der Waals surface area contributed by atoms with E-state index < -0.39 is 5.82 Å². The smallest absolute Gasteiger partial charge is 0.250 e. The molecule has 1 N–H and O–H groups in total. The summed E-state index contributed by atoms with van der Waals surface area (Å²) < 4.78 is 20.0. The maximum atomic E-state index is 14.1. The van der Waals surface area contributed by atoms with Crippen molar-refractivity contribution in [3.8, 4) is 11.5 Å². The Hall–Kier alpha value is -3.47. The third kappa shape index (κ3) is 3.64. The highest BCUT2D eigenvalue weighted by Crippen LogP contribution is 2.29. The predicted molar refractivity (Wildman–Crippen MR) is 108 cm³/mol. The number of halogens is 1. The summed E-state index contributed by atoms with van der Waals surface area (Å²) in [6.07, 6.45) is 0. The number of anilines is 1. The fourth-order valence-corrected chi connectivity index (χ4v) is 3.03. The molecule has 5 heteroatoms. The maximum absolute atomic E-state index is 14.1. The van der Waals surface area contributed by atoms with Gasteiger partial charge in [-0.3, -0.25) is 0 Å². The largest absolute Gasteiger partial charge is 0.418 e. The first-order chi connectivity index (χ1) is 13.6. The van der Waals surface area contributed by atoms with Crippen LogP contribution in [0.4, 0.5) is 10.1 Å². The van der Waals surface area contributed by atoms with Gasteiger partial charge < -0.3 is 9.73 Å². The van der Waals surface area contributed by atoms with E-state index in [1.165, 1.54) is 17.2 Å². The molecule has 0 bridgehead atoms. The quantitative estimate of drug-likeness (QED) is 0.488. The molecule has 1 atom stereocenters. The van der Waals surface area contributed by atoms with Crippen molar-refractivity contribution in [3.63, 3.8) is 0 Å². The fraction of sp³-hybridized carbons (Fsp3) is 0.130. The Labute approximate surface area is 163 Å². The molecule has 0 unspecified atom stereocenters. The molecule has 0 saturated carbocycles. The number of aromatic nitrogens is 2. The van der Waals surface area contributed by atoms with E-state index in [1.54, 1.807) is 18.2 Å². The van der Waals surface area contributed by atoms with Crippen LogP contribution in [0.1, 0.15) is 28.6 Å². The Morgan fingerprint density at radius 3 is 2.36 bits per heavy atom. The van der Waals surface area contributed by atoms with Crippen molar-refractivity contribution in [2.24, 2.45) is 0 Å². The highest BCUT2D eigenvalue weighted by molar-refractivity contribution is 5.54. The van der Waals surface area contributed by atoms with Gasteiger partial charge in [-0.05, 0) is 54.8 Å². The van der Waals surface area contributed by atoms with Crippen molar-refractivity contribution < 1.29 is 8.81 Å². The van der Waals surface area contributed by atoms with Gasteiger partial charge in [0.25, 0.3) is 5.89 Å². The lowest BCUT2D eigenvalue weighted by Crippen LogP contribution is -2.13. The van der Waals surface area contributed by atoms with E-state index in [2.05, 4.69) is 41.5 Å². The molecule has 0 spiro atoms. The zero-order valence-electron chi connectivity index (χ0n) is 15.7. The molecule has 1 heterocycles. The number of nitrogens with zero attached hydrogens (tertiary/aromatic N) is 2. The molecular weight excluding hydrogens is 353 g/mol. The lowest BCUT2D eigenvalue weighted by Gasteiger charge is -2.18. The van der Waals surface area contributed by atoms with Crippen molar-refractivity contribution >= 4 is 5.69 Å². The Morgan fingerprint density at radius 2 is 1.61 bits per heavy atom. The van der Waals surface area contributed by atoms with Crippen LogP contribution < -0.4 is 5.32 Å². The van der Waals surface area contributed by atoms with Crippen LogP contribution in [0.2, 0.25) is 0 Å². The summed E-state index contributed by atoms with van der Waals surface area (Å²) in [6, 6.07) is 22.0. The van der Waals surface area contributed by atoms with Crippen molar-refractivity contribution in [1.29, 1.82) is 0 Å². The topological polar surface area (TPSA) is 51.0 Å². The molecule has 0 saturated heterocycles. The number of nitrogens with one attached hydrogen (secondary N) is 1. The lowest BCUT2D eigenvalue weighted by atomic mass is 10.1. The van der Waals surface area contributed by atoms with Crippen LogP contribution in [-0.4, -0.2) is 10.2 Å². The van der Waals surface area contributed by atoms with Crippen molar-refractivity contribution in [1.82, 2.24) is 10.2 Å². The van der Waals surface area contributed by atoms with E-state index in [1.807, 2.05) is 36.4 Å². The Morgan fingerprint density at radius 1 is 0.857 bits per heavy atom. The highest BCUT2D eigenvalue weighted by Gasteiger charge is 2.22. The second kappa shape index (κ2) is 7.64. The summed E-state index contributed by atoms with van der Waals surface area (Å²) >= 11 is 0. The minimum atomic E-state index is -0.393. The number of aryl methyl sites for hydroxylation is 2. The lowest BCUT2D eigenvalue weighted by molar-refractivity contribution is 0.490. The van der Waals surface area contributed by atoms with Gasteiger partial charge in [-0.2, -0.15) is 0 Å². The van der Waals surface area contributed by atoms with Gasteiger partial charge in [-0.1, -0.05) is 48.5 Å². The average molecular weight is 373 g/mol. The van der Waals surface area contributed by atoms with E-state index in [9.17, 15) is 4.39 Å². The molecule has 140 valence electrons. The molecule has 0 aliphatic rings. The second-order valence-corrected chi connectivity index (χ2v) is 6.71. The number of hydrogen-bond donors (Lipinski definition) is 1. The Bertz CT molecular complexity index is 1090. The molecular formula is C23H20FN3O. The van der Waals surface area contributed by atoms with Crippen LogP contribution in [0.5, 0.6) is 0 Å². The number of benzene rings is 3. The summed E-state index contributed by atoms with van der Waals surface area (Å²) in [5.74, 6) is 0.148. The summed E-state index contributed by atoms with van der Waals surface area (Å²) in [6.45, 7) is 4.15. The monoisotopic (exact) mass is 373 g/mol. The first-order valence-corrected chi connectivity index (χ1v) is 9.09. The van der Waals surface area contributed by atoms with Gasteiger partial charge in [0, 0.05) is 5.69 Å². The Balaban J connectivity index is 1.72. The van der Waals surface area contributed by atoms with Crippen molar-refractivity contribution in [2.45, 2.75) is 19.9 Å². The van der Waals surface area contributed by atoms with Gasteiger partial charge in [-0.15, -0.1) is 10.2 Å². The molecule has 4 rings (SSSR count). The van der Waals surface area contributed by atoms with E-state index in [-0.39, 0.29) is 11.9 Å². The molecule has 0 aliphatic heterocycles. The summed E-state index contributed by atoms with van der Waals surface area (Å²) in [4.78, 5) is 0. The van der Waals surface area contributed by atoms with Crippen LogP contribution in [0.15, 0.2) is 77.2 Å². The van der Waals surface area contributed by atoms with Gasteiger partial charge in [0.1, 0.15) is 11.9 Å². The van der Waals surface area contributed by atoms with Crippen LogP contribution in [-0.2, 0) is 0 Å².